The van der Waals surface area contributed by atoms with Gasteiger partial charge in [-0.3, -0.25) is 14.5 Å². The van der Waals surface area contributed by atoms with Gasteiger partial charge in [0.15, 0.2) is 11.5 Å². The second-order valence-electron chi connectivity index (χ2n) is 6.90. The van der Waals surface area contributed by atoms with Crippen molar-refractivity contribution in [3.8, 4) is 0 Å². The molecule has 28 heavy (non-hydrogen) atoms. The first-order valence-electron chi connectivity index (χ1n) is 8.95. The summed E-state index contributed by atoms with van der Waals surface area (Å²) in [5, 5.41) is 10.7. The highest BCUT2D eigenvalue weighted by atomic mass is 16.3. The topological polar surface area (TPSA) is 70.8 Å². The van der Waals surface area contributed by atoms with Gasteiger partial charge in [-0.05, 0) is 54.8 Å². The standard InChI is InChI=1S/C23H19NO4/c1-14-11-15(2)13-17(12-14)24-20(16-7-4-3-5-8-16)19(22(26)23(24)27)21(25)18-9-6-10-28-18/h3-13,20,26H,1-2H3. The van der Waals surface area contributed by atoms with E-state index in [0.29, 0.717) is 5.69 Å². The normalized spacial score (nSPS) is 16.7. The van der Waals surface area contributed by atoms with Crippen LogP contribution in [0.15, 0.2) is 82.7 Å². The first-order valence-corrected chi connectivity index (χ1v) is 8.95. The molecule has 1 aliphatic rings. The number of aliphatic hydroxyl groups is 1. The number of rotatable bonds is 4. The van der Waals surface area contributed by atoms with Gasteiger partial charge in [0.05, 0.1) is 17.9 Å². The van der Waals surface area contributed by atoms with E-state index in [9.17, 15) is 14.7 Å². The summed E-state index contributed by atoms with van der Waals surface area (Å²) in [6, 6.07) is 17.3. The number of aliphatic hydroxyl groups excluding tert-OH is 1. The smallest absolute Gasteiger partial charge is 0.294 e. The van der Waals surface area contributed by atoms with Crippen LogP contribution >= 0.6 is 0 Å². The van der Waals surface area contributed by atoms with Gasteiger partial charge in [-0.25, -0.2) is 0 Å². The summed E-state index contributed by atoms with van der Waals surface area (Å²) in [4.78, 5) is 27.6. The van der Waals surface area contributed by atoms with Crippen molar-refractivity contribution in [3.63, 3.8) is 0 Å². The minimum Gasteiger partial charge on any atom is -0.503 e. The minimum absolute atomic E-state index is 0.0188. The Morgan fingerprint density at radius 2 is 1.68 bits per heavy atom. The third-order valence-corrected chi connectivity index (χ3v) is 4.80. The molecule has 0 aliphatic carbocycles. The summed E-state index contributed by atoms with van der Waals surface area (Å²) in [7, 11) is 0. The number of aryl methyl sites for hydroxylation is 2. The lowest BCUT2D eigenvalue weighted by Crippen LogP contribution is -2.31. The Morgan fingerprint density at radius 3 is 2.29 bits per heavy atom. The molecule has 1 amide bonds. The number of hydrogen-bond donors (Lipinski definition) is 1. The Bertz CT molecular complexity index is 1060. The molecule has 140 valence electrons. The average molecular weight is 373 g/mol. The summed E-state index contributed by atoms with van der Waals surface area (Å²) in [5.41, 5.74) is 3.35. The van der Waals surface area contributed by atoms with Crippen LogP contribution in [0.2, 0.25) is 0 Å². The number of amides is 1. The van der Waals surface area contributed by atoms with Crippen LogP contribution in [0.1, 0.15) is 33.3 Å². The zero-order valence-electron chi connectivity index (χ0n) is 15.5. The van der Waals surface area contributed by atoms with Gasteiger partial charge in [-0.1, -0.05) is 36.4 Å². The molecule has 1 N–H and O–H groups in total. The second kappa shape index (κ2) is 6.85. The fraction of sp³-hybridized carbons (Fsp3) is 0.130. The lowest BCUT2D eigenvalue weighted by Gasteiger charge is -2.27. The number of carbonyl (C=O) groups excluding carboxylic acids is 2. The van der Waals surface area contributed by atoms with Crippen LogP contribution in [0, 0.1) is 13.8 Å². The largest absolute Gasteiger partial charge is 0.503 e. The Labute approximate surface area is 162 Å². The highest BCUT2D eigenvalue weighted by Gasteiger charge is 2.45. The first-order chi connectivity index (χ1) is 13.5. The van der Waals surface area contributed by atoms with Crippen molar-refractivity contribution in [1.82, 2.24) is 0 Å². The number of ketones is 1. The average Bonchev–Trinajstić information content (AvgIpc) is 3.29. The molecule has 0 bridgehead atoms. The number of carbonyl (C=O) groups is 2. The molecule has 1 atom stereocenters. The van der Waals surface area contributed by atoms with Gasteiger partial charge in [0.2, 0.25) is 5.78 Å². The molecule has 0 spiro atoms. The molecule has 2 aromatic carbocycles. The molecule has 5 heteroatoms. The molecule has 3 aromatic rings. The highest BCUT2D eigenvalue weighted by Crippen LogP contribution is 2.42. The van der Waals surface area contributed by atoms with Gasteiger partial charge >= 0.3 is 0 Å². The molecule has 1 unspecified atom stereocenters. The van der Waals surface area contributed by atoms with Crippen LogP contribution in [0.5, 0.6) is 0 Å². The second-order valence-corrected chi connectivity index (χ2v) is 6.90. The molecule has 1 aliphatic heterocycles. The molecule has 2 heterocycles. The molecule has 0 radical (unpaired) electrons. The maximum absolute atomic E-state index is 13.1. The predicted molar refractivity (Wildman–Crippen MR) is 105 cm³/mol. The van der Waals surface area contributed by atoms with E-state index in [2.05, 4.69) is 0 Å². The maximum Gasteiger partial charge on any atom is 0.294 e. The van der Waals surface area contributed by atoms with E-state index in [1.807, 2.05) is 62.4 Å². The van der Waals surface area contributed by atoms with Crippen molar-refractivity contribution >= 4 is 17.4 Å². The first kappa shape index (κ1) is 17.8. The molecule has 0 fully saturated rings. The molecular formula is C23H19NO4. The quantitative estimate of drug-likeness (QED) is 0.674. The summed E-state index contributed by atoms with van der Waals surface area (Å²) < 4.78 is 5.23. The molecule has 4 rings (SSSR count). The van der Waals surface area contributed by atoms with Crippen LogP contribution < -0.4 is 4.90 Å². The molecule has 1 aromatic heterocycles. The Morgan fingerprint density at radius 1 is 1.00 bits per heavy atom. The number of furan rings is 1. The van der Waals surface area contributed by atoms with E-state index in [1.165, 1.54) is 17.2 Å². The maximum atomic E-state index is 13.1. The van der Waals surface area contributed by atoms with E-state index in [4.69, 9.17) is 4.42 Å². The van der Waals surface area contributed by atoms with Gasteiger partial charge in [0.25, 0.3) is 5.91 Å². The van der Waals surface area contributed by atoms with Crippen LogP contribution in [0.25, 0.3) is 0 Å². The number of nitrogens with zero attached hydrogens (tertiary/aromatic N) is 1. The third kappa shape index (κ3) is 2.91. The lowest BCUT2D eigenvalue weighted by atomic mass is 9.94. The number of Topliss-reactive ketones (excluding diaryl/α,β-unsaturated/α-hetero) is 1. The van der Waals surface area contributed by atoms with E-state index < -0.39 is 23.5 Å². The van der Waals surface area contributed by atoms with Gasteiger partial charge in [-0.2, -0.15) is 0 Å². The minimum atomic E-state index is -0.743. The monoisotopic (exact) mass is 373 g/mol. The molecular weight excluding hydrogens is 354 g/mol. The summed E-state index contributed by atoms with van der Waals surface area (Å²) in [6.07, 6.45) is 1.39. The summed E-state index contributed by atoms with van der Waals surface area (Å²) in [5.74, 6) is -1.57. The van der Waals surface area contributed by atoms with Crippen LogP contribution in [-0.4, -0.2) is 16.8 Å². The zero-order valence-corrected chi connectivity index (χ0v) is 15.5. The third-order valence-electron chi connectivity index (χ3n) is 4.80. The van der Waals surface area contributed by atoms with Crippen molar-refractivity contribution in [2.24, 2.45) is 0 Å². The molecule has 0 saturated heterocycles. The van der Waals surface area contributed by atoms with E-state index >= 15 is 0 Å². The Hall–Kier alpha value is -3.60. The van der Waals surface area contributed by atoms with Crippen molar-refractivity contribution < 1.29 is 19.1 Å². The molecule has 5 nitrogen and oxygen atoms in total. The SMILES string of the molecule is Cc1cc(C)cc(N2C(=O)C(O)=C(C(=O)c3ccco3)C2c2ccccc2)c1. The van der Waals surface area contributed by atoms with Gasteiger partial charge in [0, 0.05) is 5.69 Å². The van der Waals surface area contributed by atoms with E-state index in [-0.39, 0.29) is 11.3 Å². The number of hydrogen-bond acceptors (Lipinski definition) is 4. The highest BCUT2D eigenvalue weighted by molar-refractivity contribution is 6.20. The summed E-state index contributed by atoms with van der Waals surface area (Å²) in [6.45, 7) is 3.88. The van der Waals surface area contributed by atoms with Crippen molar-refractivity contribution in [2.75, 3.05) is 4.90 Å². The predicted octanol–water partition coefficient (Wildman–Crippen LogP) is 4.68. The van der Waals surface area contributed by atoms with E-state index in [1.54, 1.807) is 6.07 Å². The number of anilines is 1. The zero-order chi connectivity index (χ0) is 19.8. The van der Waals surface area contributed by atoms with E-state index in [0.717, 1.165) is 16.7 Å². The van der Waals surface area contributed by atoms with Crippen LogP contribution in [-0.2, 0) is 4.79 Å². The lowest BCUT2D eigenvalue weighted by molar-refractivity contribution is -0.117. The Kier molecular flexibility index (Phi) is 4.35. The number of benzene rings is 2. The van der Waals surface area contributed by atoms with Crippen molar-refractivity contribution in [1.29, 1.82) is 0 Å². The summed E-state index contributed by atoms with van der Waals surface area (Å²) >= 11 is 0. The fourth-order valence-electron chi connectivity index (χ4n) is 3.68. The van der Waals surface area contributed by atoms with Crippen LogP contribution in [0.3, 0.4) is 0 Å². The fourth-order valence-corrected chi connectivity index (χ4v) is 3.68. The molecule has 0 saturated carbocycles. The van der Waals surface area contributed by atoms with Gasteiger partial charge < -0.3 is 9.52 Å². The van der Waals surface area contributed by atoms with Crippen LogP contribution in [0.4, 0.5) is 5.69 Å². The Balaban J connectivity index is 1.90. The van der Waals surface area contributed by atoms with Gasteiger partial charge in [0.1, 0.15) is 0 Å². The van der Waals surface area contributed by atoms with Gasteiger partial charge in [-0.15, -0.1) is 0 Å². The van der Waals surface area contributed by atoms with Crippen molar-refractivity contribution in [2.45, 2.75) is 19.9 Å². The van der Waals surface area contributed by atoms with Crippen molar-refractivity contribution in [3.05, 3.63) is 101 Å².